The fourth-order valence-electron chi connectivity index (χ4n) is 0.963. The number of halogens is 7. The smallest absolute Gasteiger partial charge is 0.389 e. The number of hydrogen-bond acceptors (Lipinski definition) is 2. The number of nitrogens with one attached hydrogen (secondary N) is 1. The summed E-state index contributed by atoms with van der Waals surface area (Å²) >= 11 is 1.10. The average Bonchev–Trinajstić information content (AvgIpc) is 1.94. The van der Waals surface area contributed by atoms with Crippen LogP contribution in [0, 0.1) is 3.57 Å². The number of aromatic nitrogens is 1. The molecular formula is C7H2F6INO2. The lowest BCUT2D eigenvalue weighted by atomic mass is 10.2. The summed E-state index contributed by atoms with van der Waals surface area (Å²) in [5.41, 5.74) is -2.79. The summed E-state index contributed by atoms with van der Waals surface area (Å²) in [6, 6.07) is 0.520. The predicted molar refractivity (Wildman–Crippen MR) is 51.5 cm³/mol. The van der Waals surface area contributed by atoms with Crippen molar-refractivity contribution in [1.29, 1.82) is 0 Å². The fraction of sp³-hybridized carbons (Fsp3) is 0.286. The Morgan fingerprint density at radius 2 is 1.71 bits per heavy atom. The Labute approximate surface area is 103 Å². The third-order valence-electron chi connectivity index (χ3n) is 1.46. The Balaban J connectivity index is 3.42. The van der Waals surface area contributed by atoms with Gasteiger partial charge < -0.3 is 4.74 Å². The van der Waals surface area contributed by atoms with Gasteiger partial charge in [-0.25, -0.2) is 0 Å². The first-order valence-electron chi connectivity index (χ1n) is 3.76. The molecule has 0 aliphatic rings. The molecule has 0 saturated heterocycles. The third-order valence-corrected chi connectivity index (χ3v) is 2.31. The molecule has 1 rings (SSSR count). The summed E-state index contributed by atoms with van der Waals surface area (Å²) in [5, 5.41) is 0. The van der Waals surface area contributed by atoms with E-state index in [1.54, 1.807) is 0 Å². The average molecular weight is 373 g/mol. The van der Waals surface area contributed by atoms with Gasteiger partial charge in [0.2, 0.25) is 5.88 Å². The molecule has 1 aromatic heterocycles. The van der Waals surface area contributed by atoms with Crippen LogP contribution < -0.4 is 10.3 Å². The van der Waals surface area contributed by atoms with Gasteiger partial charge >= 0.3 is 12.5 Å². The standard InChI is InChI=1S/C7H2F6INO2/c8-6(9,10)4-2(14)1-3(16)15-5(4)17-7(11,12)13/h1H,(H,15,16). The zero-order valence-electron chi connectivity index (χ0n) is 7.54. The van der Waals surface area contributed by atoms with Gasteiger partial charge in [0.15, 0.2) is 0 Å². The summed E-state index contributed by atoms with van der Waals surface area (Å²) in [4.78, 5) is 12.2. The minimum absolute atomic E-state index is 0.520. The van der Waals surface area contributed by atoms with E-state index in [-0.39, 0.29) is 0 Å². The highest BCUT2D eigenvalue weighted by atomic mass is 127. The Hall–Kier alpha value is -0.940. The van der Waals surface area contributed by atoms with Gasteiger partial charge in [0.1, 0.15) is 5.56 Å². The molecule has 0 spiro atoms. The summed E-state index contributed by atoms with van der Waals surface area (Å²) in [6.07, 6.45) is -10.4. The maximum absolute atomic E-state index is 12.4. The Morgan fingerprint density at radius 3 is 2.12 bits per heavy atom. The number of alkyl halides is 6. The van der Waals surface area contributed by atoms with Crippen molar-refractivity contribution >= 4 is 22.6 Å². The molecule has 1 heterocycles. The number of aromatic amines is 1. The molecule has 0 aromatic carbocycles. The van der Waals surface area contributed by atoms with Gasteiger partial charge in [0.05, 0.1) is 0 Å². The van der Waals surface area contributed by atoms with Crippen molar-refractivity contribution < 1.29 is 31.1 Å². The minimum atomic E-state index is -5.33. The van der Waals surface area contributed by atoms with Crippen LogP contribution in [0.2, 0.25) is 0 Å². The molecular weight excluding hydrogens is 371 g/mol. The number of hydrogen-bond donors (Lipinski definition) is 1. The predicted octanol–water partition coefficient (Wildman–Crippen LogP) is 2.90. The van der Waals surface area contributed by atoms with Crippen LogP contribution in [0.5, 0.6) is 5.88 Å². The summed E-state index contributed by atoms with van der Waals surface area (Å²) in [6.45, 7) is 0. The molecule has 0 amide bonds. The first kappa shape index (κ1) is 14.1. The van der Waals surface area contributed by atoms with E-state index in [1.807, 2.05) is 0 Å². The fourth-order valence-corrected chi connectivity index (χ4v) is 1.80. The van der Waals surface area contributed by atoms with E-state index in [0.717, 1.165) is 22.6 Å². The maximum Gasteiger partial charge on any atom is 0.574 e. The summed E-state index contributed by atoms with van der Waals surface area (Å²) < 4.78 is 75.4. The van der Waals surface area contributed by atoms with Crippen molar-refractivity contribution in [3.05, 3.63) is 25.6 Å². The third kappa shape index (κ3) is 3.78. The quantitative estimate of drug-likeness (QED) is 0.608. The highest BCUT2D eigenvalue weighted by molar-refractivity contribution is 14.1. The lowest BCUT2D eigenvalue weighted by Gasteiger charge is -2.15. The number of rotatable bonds is 1. The highest BCUT2D eigenvalue weighted by Gasteiger charge is 2.41. The number of ether oxygens (including phenoxy) is 1. The van der Waals surface area contributed by atoms with Crippen molar-refractivity contribution in [2.24, 2.45) is 0 Å². The Bertz CT molecular complexity index is 477. The second-order valence-corrected chi connectivity index (χ2v) is 3.89. The molecule has 17 heavy (non-hydrogen) atoms. The molecule has 1 N–H and O–H groups in total. The van der Waals surface area contributed by atoms with Crippen LogP contribution in [0.1, 0.15) is 5.56 Å². The molecule has 0 unspecified atom stereocenters. The van der Waals surface area contributed by atoms with Crippen LogP contribution in [0.25, 0.3) is 0 Å². The van der Waals surface area contributed by atoms with E-state index in [2.05, 4.69) is 4.74 Å². The largest absolute Gasteiger partial charge is 0.574 e. The van der Waals surface area contributed by atoms with E-state index >= 15 is 0 Å². The first-order valence-corrected chi connectivity index (χ1v) is 4.84. The van der Waals surface area contributed by atoms with E-state index in [9.17, 15) is 31.1 Å². The molecule has 0 aliphatic heterocycles. The van der Waals surface area contributed by atoms with Gasteiger partial charge in [-0.3, -0.25) is 9.78 Å². The normalized spacial score (nSPS) is 12.6. The zero-order valence-corrected chi connectivity index (χ0v) is 9.70. The molecule has 0 radical (unpaired) electrons. The SMILES string of the molecule is O=c1cc(I)c(C(F)(F)F)c(OC(F)(F)F)[nH]1. The van der Waals surface area contributed by atoms with Crippen LogP contribution in [-0.2, 0) is 6.18 Å². The van der Waals surface area contributed by atoms with E-state index < -0.39 is 33.1 Å². The van der Waals surface area contributed by atoms with Gasteiger partial charge in [-0.15, -0.1) is 13.2 Å². The number of H-pyrrole nitrogens is 1. The van der Waals surface area contributed by atoms with Crippen LogP contribution in [0.3, 0.4) is 0 Å². The van der Waals surface area contributed by atoms with Crippen molar-refractivity contribution in [2.45, 2.75) is 12.5 Å². The van der Waals surface area contributed by atoms with Gasteiger partial charge in [0, 0.05) is 9.64 Å². The second-order valence-electron chi connectivity index (χ2n) is 2.73. The second kappa shape index (κ2) is 4.38. The molecule has 0 bridgehead atoms. The Kier molecular flexibility index (Phi) is 3.64. The first-order chi connectivity index (χ1) is 7.50. The van der Waals surface area contributed by atoms with Crippen molar-refractivity contribution in [3.8, 4) is 5.88 Å². The molecule has 96 valence electrons. The molecule has 0 saturated carbocycles. The monoisotopic (exact) mass is 373 g/mol. The molecule has 0 atom stereocenters. The molecule has 1 aromatic rings. The van der Waals surface area contributed by atoms with Crippen LogP contribution in [0.4, 0.5) is 26.3 Å². The van der Waals surface area contributed by atoms with E-state index in [1.165, 1.54) is 4.98 Å². The van der Waals surface area contributed by atoms with Gasteiger partial charge in [-0.05, 0) is 22.6 Å². The minimum Gasteiger partial charge on any atom is -0.389 e. The maximum atomic E-state index is 12.4. The topological polar surface area (TPSA) is 42.1 Å². The van der Waals surface area contributed by atoms with Gasteiger partial charge in [-0.2, -0.15) is 13.2 Å². The lowest BCUT2D eigenvalue weighted by Crippen LogP contribution is -2.24. The highest BCUT2D eigenvalue weighted by Crippen LogP contribution is 2.38. The Morgan fingerprint density at radius 1 is 1.18 bits per heavy atom. The van der Waals surface area contributed by atoms with E-state index in [4.69, 9.17) is 0 Å². The van der Waals surface area contributed by atoms with Gasteiger partial charge in [0.25, 0.3) is 5.56 Å². The molecule has 3 nitrogen and oxygen atoms in total. The summed E-state index contributed by atoms with van der Waals surface area (Å²) in [5.74, 6) is -1.66. The number of pyridine rings is 1. The molecule has 10 heteroatoms. The van der Waals surface area contributed by atoms with Crippen LogP contribution in [0.15, 0.2) is 10.9 Å². The van der Waals surface area contributed by atoms with Crippen LogP contribution >= 0.6 is 22.6 Å². The molecule has 0 fully saturated rings. The van der Waals surface area contributed by atoms with Crippen molar-refractivity contribution in [2.75, 3.05) is 0 Å². The zero-order chi connectivity index (χ0) is 13.4. The van der Waals surface area contributed by atoms with Gasteiger partial charge in [-0.1, -0.05) is 0 Å². The molecule has 0 aliphatic carbocycles. The lowest BCUT2D eigenvalue weighted by molar-refractivity contribution is -0.278. The van der Waals surface area contributed by atoms with Crippen molar-refractivity contribution in [3.63, 3.8) is 0 Å². The van der Waals surface area contributed by atoms with E-state index in [0.29, 0.717) is 6.07 Å². The van der Waals surface area contributed by atoms with Crippen LogP contribution in [-0.4, -0.2) is 11.3 Å². The summed E-state index contributed by atoms with van der Waals surface area (Å²) in [7, 11) is 0. The van der Waals surface area contributed by atoms with Crippen molar-refractivity contribution in [1.82, 2.24) is 4.98 Å².